The molecule has 0 radical (unpaired) electrons. The standard InChI is InChI=1S/C24H44O10/c1-3-5-6-7-8-9-10-11-13-20(27)33-17(15-31-19(26)12-4-2)16-32-24-23(30)22(29)21(28)18(14-25)34-24/h17-18,21-25,28-30H,3-16H2,1-2H3. The zero-order valence-corrected chi connectivity index (χ0v) is 20.6. The number of rotatable bonds is 18. The summed E-state index contributed by atoms with van der Waals surface area (Å²) in [6.07, 6.45) is 1.75. The van der Waals surface area contributed by atoms with Crippen molar-refractivity contribution in [2.75, 3.05) is 19.8 Å². The maximum Gasteiger partial charge on any atom is 0.306 e. The van der Waals surface area contributed by atoms with Crippen molar-refractivity contribution < 1.29 is 49.0 Å². The van der Waals surface area contributed by atoms with Crippen LogP contribution in [0.15, 0.2) is 0 Å². The van der Waals surface area contributed by atoms with Crippen LogP contribution in [0.4, 0.5) is 0 Å². The molecule has 1 heterocycles. The number of esters is 2. The van der Waals surface area contributed by atoms with Crippen LogP contribution in [-0.2, 0) is 28.5 Å². The highest BCUT2D eigenvalue weighted by atomic mass is 16.7. The second kappa shape index (κ2) is 18.0. The van der Waals surface area contributed by atoms with Gasteiger partial charge in [-0.3, -0.25) is 9.59 Å². The van der Waals surface area contributed by atoms with Crippen LogP contribution in [0, 0.1) is 0 Å². The molecule has 0 bridgehead atoms. The average molecular weight is 493 g/mol. The van der Waals surface area contributed by atoms with Gasteiger partial charge in [0.05, 0.1) is 13.2 Å². The number of hydrogen-bond acceptors (Lipinski definition) is 10. The number of hydrogen-bond donors (Lipinski definition) is 4. The third-order valence-corrected chi connectivity index (χ3v) is 5.71. The summed E-state index contributed by atoms with van der Waals surface area (Å²) in [6, 6.07) is 0. The molecule has 6 unspecified atom stereocenters. The quantitative estimate of drug-likeness (QED) is 0.164. The molecule has 1 aliphatic heterocycles. The van der Waals surface area contributed by atoms with E-state index in [-0.39, 0.29) is 26.1 Å². The predicted octanol–water partition coefficient (Wildman–Crippen LogP) is 1.59. The van der Waals surface area contributed by atoms with Gasteiger partial charge in [0.15, 0.2) is 12.4 Å². The second-order valence-corrected chi connectivity index (χ2v) is 8.80. The van der Waals surface area contributed by atoms with Gasteiger partial charge in [-0.25, -0.2) is 0 Å². The number of ether oxygens (including phenoxy) is 4. The van der Waals surface area contributed by atoms with Crippen LogP contribution >= 0.6 is 0 Å². The summed E-state index contributed by atoms with van der Waals surface area (Å²) >= 11 is 0. The van der Waals surface area contributed by atoms with Crippen molar-refractivity contribution in [3.63, 3.8) is 0 Å². The second-order valence-electron chi connectivity index (χ2n) is 8.80. The van der Waals surface area contributed by atoms with Gasteiger partial charge in [-0.15, -0.1) is 0 Å². The smallest absolute Gasteiger partial charge is 0.306 e. The Kier molecular flexibility index (Phi) is 16.3. The fourth-order valence-corrected chi connectivity index (χ4v) is 3.63. The molecule has 0 saturated carbocycles. The first-order chi connectivity index (χ1) is 16.3. The first-order valence-corrected chi connectivity index (χ1v) is 12.6. The molecule has 10 nitrogen and oxygen atoms in total. The van der Waals surface area contributed by atoms with Crippen LogP contribution in [0.2, 0.25) is 0 Å². The number of carbonyl (C=O) groups excluding carboxylic acids is 2. The average Bonchev–Trinajstić information content (AvgIpc) is 2.82. The maximum absolute atomic E-state index is 12.3. The third kappa shape index (κ3) is 11.9. The highest BCUT2D eigenvalue weighted by Gasteiger charge is 2.44. The Bertz CT molecular complexity index is 556. The monoisotopic (exact) mass is 492 g/mol. The Morgan fingerprint density at radius 3 is 2.06 bits per heavy atom. The molecule has 0 aromatic heterocycles. The summed E-state index contributed by atoms with van der Waals surface area (Å²) in [5.74, 6) is -0.876. The van der Waals surface area contributed by atoms with Crippen molar-refractivity contribution in [2.45, 2.75) is 121 Å². The molecular weight excluding hydrogens is 448 g/mol. The van der Waals surface area contributed by atoms with Gasteiger partial charge in [-0.1, -0.05) is 58.8 Å². The Morgan fingerprint density at radius 1 is 0.794 bits per heavy atom. The largest absolute Gasteiger partial charge is 0.462 e. The molecule has 4 N–H and O–H groups in total. The van der Waals surface area contributed by atoms with E-state index in [1.165, 1.54) is 25.7 Å². The summed E-state index contributed by atoms with van der Waals surface area (Å²) < 4.78 is 21.3. The van der Waals surface area contributed by atoms with Crippen molar-refractivity contribution in [1.29, 1.82) is 0 Å². The van der Waals surface area contributed by atoms with Crippen molar-refractivity contribution in [2.24, 2.45) is 0 Å². The van der Waals surface area contributed by atoms with Gasteiger partial charge in [0.1, 0.15) is 31.0 Å². The van der Waals surface area contributed by atoms with Gasteiger partial charge in [-0.2, -0.15) is 0 Å². The van der Waals surface area contributed by atoms with E-state index < -0.39 is 55.4 Å². The fraction of sp³-hybridized carbons (Fsp3) is 0.917. The van der Waals surface area contributed by atoms with E-state index in [9.17, 15) is 30.0 Å². The SMILES string of the molecule is CCCCCCCCCCC(=O)OC(COC(=O)CCC)COC1OC(CO)C(O)C(O)C1O. The zero-order chi connectivity index (χ0) is 25.3. The summed E-state index contributed by atoms with van der Waals surface area (Å²) in [5.41, 5.74) is 0. The maximum atomic E-state index is 12.3. The molecule has 200 valence electrons. The van der Waals surface area contributed by atoms with E-state index in [1.54, 1.807) is 0 Å². The molecule has 0 aromatic rings. The highest BCUT2D eigenvalue weighted by Crippen LogP contribution is 2.22. The van der Waals surface area contributed by atoms with Gasteiger partial charge in [0, 0.05) is 12.8 Å². The number of aliphatic hydroxyl groups is 4. The molecule has 1 aliphatic rings. The summed E-state index contributed by atoms with van der Waals surface area (Å²) in [5, 5.41) is 39.1. The van der Waals surface area contributed by atoms with Gasteiger partial charge < -0.3 is 39.4 Å². The van der Waals surface area contributed by atoms with Crippen molar-refractivity contribution >= 4 is 11.9 Å². The van der Waals surface area contributed by atoms with Crippen LogP contribution in [-0.4, -0.2) is 89.0 Å². The molecule has 0 amide bonds. The first-order valence-electron chi connectivity index (χ1n) is 12.6. The lowest BCUT2D eigenvalue weighted by molar-refractivity contribution is -0.305. The normalized spacial score (nSPS) is 25.6. The van der Waals surface area contributed by atoms with E-state index in [0.29, 0.717) is 12.8 Å². The highest BCUT2D eigenvalue weighted by molar-refractivity contribution is 5.70. The lowest BCUT2D eigenvalue weighted by Gasteiger charge is -2.39. The van der Waals surface area contributed by atoms with E-state index in [0.717, 1.165) is 19.3 Å². The lowest BCUT2D eigenvalue weighted by Crippen LogP contribution is -2.59. The van der Waals surface area contributed by atoms with E-state index in [4.69, 9.17) is 18.9 Å². The molecule has 6 atom stereocenters. The molecule has 1 rings (SSSR count). The Labute approximate surface area is 202 Å². The van der Waals surface area contributed by atoms with Crippen LogP contribution < -0.4 is 0 Å². The van der Waals surface area contributed by atoms with Crippen molar-refractivity contribution in [3.8, 4) is 0 Å². The topological polar surface area (TPSA) is 152 Å². The lowest BCUT2D eigenvalue weighted by atomic mass is 9.99. The first kappa shape index (κ1) is 30.7. The summed E-state index contributed by atoms with van der Waals surface area (Å²) in [7, 11) is 0. The van der Waals surface area contributed by atoms with Gasteiger partial charge >= 0.3 is 11.9 Å². The van der Waals surface area contributed by atoms with Crippen LogP contribution in [0.25, 0.3) is 0 Å². The van der Waals surface area contributed by atoms with Crippen LogP contribution in [0.1, 0.15) is 84.5 Å². The predicted molar refractivity (Wildman–Crippen MR) is 123 cm³/mol. The molecule has 0 spiro atoms. The van der Waals surface area contributed by atoms with Gasteiger partial charge in [-0.05, 0) is 12.8 Å². The summed E-state index contributed by atoms with van der Waals surface area (Å²) in [4.78, 5) is 24.0. The Morgan fingerprint density at radius 2 is 1.44 bits per heavy atom. The minimum atomic E-state index is -1.58. The van der Waals surface area contributed by atoms with Crippen molar-refractivity contribution in [1.82, 2.24) is 0 Å². The molecule has 0 aliphatic carbocycles. The molecule has 10 heteroatoms. The summed E-state index contributed by atoms with van der Waals surface area (Å²) in [6.45, 7) is 2.94. The van der Waals surface area contributed by atoms with E-state index in [2.05, 4.69) is 6.92 Å². The fourth-order valence-electron chi connectivity index (χ4n) is 3.63. The van der Waals surface area contributed by atoms with Gasteiger partial charge in [0.2, 0.25) is 0 Å². The molecule has 1 fully saturated rings. The van der Waals surface area contributed by atoms with Crippen molar-refractivity contribution in [3.05, 3.63) is 0 Å². The zero-order valence-electron chi connectivity index (χ0n) is 20.6. The molecule has 1 saturated heterocycles. The van der Waals surface area contributed by atoms with Gasteiger partial charge in [0.25, 0.3) is 0 Å². The van der Waals surface area contributed by atoms with Crippen LogP contribution in [0.3, 0.4) is 0 Å². The Hall–Kier alpha value is -1.30. The minimum absolute atomic E-state index is 0.223. The molecule has 34 heavy (non-hydrogen) atoms. The Balaban J connectivity index is 2.50. The molecule has 0 aromatic carbocycles. The minimum Gasteiger partial charge on any atom is -0.462 e. The molecular formula is C24H44O10. The number of carbonyl (C=O) groups is 2. The van der Waals surface area contributed by atoms with E-state index in [1.807, 2.05) is 6.92 Å². The third-order valence-electron chi connectivity index (χ3n) is 5.71. The van der Waals surface area contributed by atoms with Crippen LogP contribution in [0.5, 0.6) is 0 Å². The number of aliphatic hydroxyl groups excluding tert-OH is 4. The van der Waals surface area contributed by atoms with E-state index >= 15 is 0 Å². The number of unbranched alkanes of at least 4 members (excludes halogenated alkanes) is 7.